The monoisotopic (exact) mass is 245 g/mol. The van der Waals surface area contributed by atoms with Crippen LogP contribution in [0.25, 0.3) is 0 Å². The summed E-state index contributed by atoms with van der Waals surface area (Å²) in [5.41, 5.74) is 6.28. The van der Waals surface area contributed by atoms with Gasteiger partial charge in [-0.15, -0.1) is 0 Å². The number of rotatable bonds is 4. The molecule has 0 aliphatic rings. The number of nitrogens with zero attached hydrogens (tertiary/aromatic N) is 3. The maximum atomic E-state index is 8.98. The van der Waals surface area contributed by atoms with Gasteiger partial charge in [0.05, 0.1) is 12.3 Å². The average molecular weight is 245 g/mol. The Bertz CT molecular complexity index is 574. The van der Waals surface area contributed by atoms with E-state index < -0.39 is 0 Å². The van der Waals surface area contributed by atoms with Gasteiger partial charge in [0.25, 0.3) is 0 Å². The van der Waals surface area contributed by atoms with E-state index in [0.29, 0.717) is 23.9 Å². The molecule has 0 aliphatic carbocycles. The molecule has 0 saturated heterocycles. The van der Waals surface area contributed by atoms with Crippen molar-refractivity contribution in [3.8, 4) is 11.9 Å². The van der Waals surface area contributed by atoms with Gasteiger partial charge in [0, 0.05) is 12.1 Å². The Morgan fingerprint density at radius 1 is 1.56 bits per heavy atom. The van der Waals surface area contributed by atoms with E-state index in [0.717, 1.165) is 0 Å². The molecule has 0 aromatic carbocycles. The number of hydrogen-bond acceptors (Lipinski definition) is 7. The lowest BCUT2D eigenvalue weighted by molar-refractivity contribution is 0.326. The summed E-state index contributed by atoms with van der Waals surface area (Å²) in [5.74, 6) is 1.13. The Balaban J connectivity index is 2.35. The molecule has 92 valence electrons. The topological polar surface area (TPSA) is 110 Å². The van der Waals surface area contributed by atoms with E-state index in [-0.39, 0.29) is 11.4 Å². The molecule has 0 atom stereocenters. The molecule has 2 aromatic heterocycles. The maximum absolute atomic E-state index is 8.98. The van der Waals surface area contributed by atoms with Gasteiger partial charge in [0.2, 0.25) is 5.88 Å². The minimum atomic E-state index is 0.200. The van der Waals surface area contributed by atoms with E-state index in [9.17, 15) is 0 Å². The summed E-state index contributed by atoms with van der Waals surface area (Å²) >= 11 is 0. The molecule has 18 heavy (non-hydrogen) atoms. The number of nitrogens with one attached hydrogen (secondary N) is 1. The van der Waals surface area contributed by atoms with Crippen LogP contribution in [0.5, 0.6) is 5.88 Å². The highest BCUT2D eigenvalue weighted by Gasteiger charge is 2.12. The Kier molecular flexibility index (Phi) is 3.29. The summed E-state index contributed by atoms with van der Waals surface area (Å²) in [6, 6.07) is 5.13. The molecule has 0 unspecified atom stereocenters. The quantitative estimate of drug-likeness (QED) is 0.842. The third-order valence-corrected chi connectivity index (χ3v) is 2.10. The fraction of sp³-hybridized carbons (Fsp3) is 0.182. The molecule has 0 aliphatic heterocycles. The minimum Gasteiger partial charge on any atom is -0.477 e. The third-order valence-electron chi connectivity index (χ3n) is 2.10. The normalized spacial score (nSPS) is 9.78. The molecule has 0 bridgehead atoms. The van der Waals surface area contributed by atoms with E-state index in [2.05, 4.69) is 20.0 Å². The Labute approximate surface area is 103 Å². The van der Waals surface area contributed by atoms with Crippen LogP contribution in [-0.4, -0.2) is 16.7 Å². The molecule has 7 nitrogen and oxygen atoms in total. The lowest BCUT2D eigenvalue weighted by atomic mass is 10.2. The molecular weight excluding hydrogens is 234 g/mol. The molecule has 3 N–H and O–H groups in total. The zero-order chi connectivity index (χ0) is 13.0. The first-order valence-electron chi connectivity index (χ1n) is 5.25. The summed E-state index contributed by atoms with van der Waals surface area (Å²) < 4.78 is 9.96. The summed E-state index contributed by atoms with van der Waals surface area (Å²) in [5, 5.41) is 15.6. The predicted octanol–water partition coefficient (Wildman–Crippen LogP) is 1.67. The van der Waals surface area contributed by atoms with E-state index in [1.807, 2.05) is 6.07 Å². The van der Waals surface area contributed by atoms with Gasteiger partial charge in [-0.25, -0.2) is 0 Å². The second-order valence-corrected chi connectivity index (χ2v) is 3.33. The van der Waals surface area contributed by atoms with Crippen molar-refractivity contribution < 1.29 is 9.26 Å². The number of anilines is 3. The summed E-state index contributed by atoms with van der Waals surface area (Å²) in [6.45, 7) is 2.20. The average Bonchev–Trinajstić information content (AvgIpc) is 2.82. The highest BCUT2D eigenvalue weighted by molar-refractivity contribution is 5.66. The summed E-state index contributed by atoms with van der Waals surface area (Å²) in [4.78, 5) is 4.15. The van der Waals surface area contributed by atoms with Gasteiger partial charge in [0.15, 0.2) is 5.82 Å². The van der Waals surface area contributed by atoms with Gasteiger partial charge in [-0.05, 0) is 6.92 Å². The van der Waals surface area contributed by atoms with Crippen molar-refractivity contribution in [2.45, 2.75) is 6.92 Å². The van der Waals surface area contributed by atoms with Crippen molar-refractivity contribution in [3.05, 3.63) is 24.0 Å². The number of nitrogens with two attached hydrogens (primary N) is 1. The molecule has 0 saturated carbocycles. The largest absolute Gasteiger partial charge is 0.477 e. The van der Waals surface area contributed by atoms with Crippen LogP contribution in [0.4, 0.5) is 17.3 Å². The van der Waals surface area contributed by atoms with Crippen molar-refractivity contribution in [3.63, 3.8) is 0 Å². The second-order valence-electron chi connectivity index (χ2n) is 3.33. The van der Waals surface area contributed by atoms with Crippen molar-refractivity contribution in [1.82, 2.24) is 10.1 Å². The van der Waals surface area contributed by atoms with E-state index in [1.165, 1.54) is 12.3 Å². The lowest BCUT2D eigenvalue weighted by Crippen LogP contribution is -2.04. The molecule has 0 radical (unpaired) electrons. The maximum Gasteiger partial charge on any atom is 0.235 e. The highest BCUT2D eigenvalue weighted by Crippen LogP contribution is 2.26. The van der Waals surface area contributed by atoms with Crippen LogP contribution in [0, 0.1) is 11.3 Å². The smallest absolute Gasteiger partial charge is 0.235 e. The van der Waals surface area contributed by atoms with Crippen LogP contribution < -0.4 is 15.8 Å². The number of hydrogen-bond donors (Lipinski definition) is 2. The summed E-state index contributed by atoms with van der Waals surface area (Å²) in [7, 11) is 0. The van der Waals surface area contributed by atoms with Crippen LogP contribution in [0.3, 0.4) is 0 Å². The Morgan fingerprint density at radius 3 is 3.00 bits per heavy atom. The van der Waals surface area contributed by atoms with E-state index in [1.54, 1.807) is 13.0 Å². The molecule has 2 heterocycles. The van der Waals surface area contributed by atoms with Crippen molar-refractivity contribution >= 4 is 17.3 Å². The first-order chi connectivity index (χ1) is 8.74. The van der Waals surface area contributed by atoms with Gasteiger partial charge in [-0.1, -0.05) is 5.16 Å². The number of ether oxygens (including phenoxy) is 1. The number of pyridine rings is 1. The predicted molar refractivity (Wildman–Crippen MR) is 64.3 cm³/mol. The van der Waals surface area contributed by atoms with Crippen molar-refractivity contribution in [2.75, 3.05) is 17.7 Å². The molecule has 2 rings (SSSR count). The van der Waals surface area contributed by atoms with Gasteiger partial charge >= 0.3 is 0 Å². The fourth-order valence-electron chi connectivity index (χ4n) is 1.37. The van der Waals surface area contributed by atoms with Gasteiger partial charge < -0.3 is 20.3 Å². The molecule has 0 amide bonds. The number of aromatic nitrogens is 2. The highest BCUT2D eigenvalue weighted by atomic mass is 16.5. The molecule has 0 spiro atoms. The number of nitriles is 1. The molecule has 0 fully saturated rings. The van der Waals surface area contributed by atoms with Crippen LogP contribution in [0.15, 0.2) is 22.9 Å². The van der Waals surface area contributed by atoms with Crippen molar-refractivity contribution in [1.29, 1.82) is 5.26 Å². The molecule has 2 aromatic rings. The zero-order valence-corrected chi connectivity index (χ0v) is 9.67. The van der Waals surface area contributed by atoms with Crippen LogP contribution in [0.1, 0.15) is 12.5 Å². The fourth-order valence-corrected chi connectivity index (χ4v) is 1.37. The lowest BCUT2D eigenvalue weighted by Gasteiger charge is -2.09. The second kappa shape index (κ2) is 5.05. The van der Waals surface area contributed by atoms with E-state index >= 15 is 0 Å². The molecule has 7 heteroatoms. The SMILES string of the molecule is CCOc1nc(Nc2ccon2)cc(N)c1C#N. The van der Waals surface area contributed by atoms with Crippen LogP contribution >= 0.6 is 0 Å². The Morgan fingerprint density at radius 2 is 2.39 bits per heavy atom. The minimum absolute atomic E-state index is 0.200. The number of nitrogen functional groups attached to an aromatic ring is 1. The van der Waals surface area contributed by atoms with Gasteiger partial charge in [0.1, 0.15) is 23.7 Å². The third kappa shape index (κ3) is 2.32. The standard InChI is InChI=1S/C11H11N5O2/c1-2-17-11-7(6-12)8(13)5-10(15-11)14-9-3-4-18-16-9/h3-5H,2H2,1H3,(H3,13,14,15,16). The van der Waals surface area contributed by atoms with Crippen LogP contribution in [0.2, 0.25) is 0 Å². The van der Waals surface area contributed by atoms with Gasteiger partial charge in [-0.3, -0.25) is 0 Å². The van der Waals surface area contributed by atoms with Crippen LogP contribution in [-0.2, 0) is 0 Å². The zero-order valence-electron chi connectivity index (χ0n) is 9.67. The Hall–Kier alpha value is -2.75. The first kappa shape index (κ1) is 11.7. The first-order valence-corrected chi connectivity index (χ1v) is 5.25. The molecular formula is C11H11N5O2. The van der Waals surface area contributed by atoms with Gasteiger partial charge in [-0.2, -0.15) is 10.2 Å². The summed E-state index contributed by atoms with van der Waals surface area (Å²) in [6.07, 6.45) is 1.43. The van der Waals surface area contributed by atoms with Crippen molar-refractivity contribution in [2.24, 2.45) is 0 Å². The van der Waals surface area contributed by atoms with E-state index in [4.69, 9.17) is 15.7 Å².